The number of hydrogen-bond acceptors (Lipinski definition) is 4. The van der Waals surface area contributed by atoms with Crippen LogP contribution in [0, 0.1) is 0 Å². The Hall–Kier alpha value is -0.160. The van der Waals surface area contributed by atoms with Gasteiger partial charge in [-0.1, -0.05) is 27.7 Å². The zero-order valence-corrected chi connectivity index (χ0v) is 15.0. The Kier molecular flexibility index (Phi) is 10.5. The molecular formula is C16H38N4. The maximum absolute atomic E-state index is 3.81. The van der Waals surface area contributed by atoms with Crippen molar-refractivity contribution < 1.29 is 0 Å². The number of nitrogens with zero attached hydrogens (tertiary/aromatic N) is 3. The second kappa shape index (κ2) is 10.6. The molecule has 4 nitrogen and oxygen atoms in total. The highest BCUT2D eigenvalue weighted by Gasteiger charge is 2.30. The largest absolute Gasteiger partial charge is 0.309 e. The van der Waals surface area contributed by atoms with Gasteiger partial charge in [-0.25, -0.2) is 0 Å². The van der Waals surface area contributed by atoms with Crippen molar-refractivity contribution in [3.05, 3.63) is 0 Å². The van der Waals surface area contributed by atoms with Crippen molar-refractivity contribution >= 4 is 0 Å². The fourth-order valence-electron chi connectivity index (χ4n) is 2.82. The molecule has 0 saturated carbocycles. The van der Waals surface area contributed by atoms with Gasteiger partial charge in [0.25, 0.3) is 0 Å². The molecule has 1 N–H and O–H groups in total. The van der Waals surface area contributed by atoms with Gasteiger partial charge in [0, 0.05) is 6.54 Å². The molecule has 0 aliphatic rings. The Morgan fingerprint density at radius 2 is 1.45 bits per heavy atom. The summed E-state index contributed by atoms with van der Waals surface area (Å²) in [5.74, 6) is 0. The molecule has 0 aromatic carbocycles. The highest BCUT2D eigenvalue weighted by molar-refractivity contribution is 4.86. The quantitative estimate of drug-likeness (QED) is 0.437. The summed E-state index contributed by atoms with van der Waals surface area (Å²) in [7, 11) is 4.28. The summed E-state index contributed by atoms with van der Waals surface area (Å²) in [4.78, 5) is 7.30. The third-order valence-electron chi connectivity index (χ3n) is 4.18. The molecule has 0 radical (unpaired) electrons. The minimum absolute atomic E-state index is 0.0713. The van der Waals surface area contributed by atoms with Crippen molar-refractivity contribution in [2.45, 2.75) is 46.7 Å². The summed E-state index contributed by atoms with van der Waals surface area (Å²) in [5, 5.41) is 3.81. The average Bonchev–Trinajstić information content (AvgIpc) is 2.42. The van der Waals surface area contributed by atoms with Crippen LogP contribution in [0.4, 0.5) is 0 Å². The molecule has 20 heavy (non-hydrogen) atoms. The van der Waals surface area contributed by atoms with Gasteiger partial charge in [-0.3, -0.25) is 10.2 Å². The standard InChI is InChI=1S/C16H38N4/c1-8-19(9-2)15-16(5,20(10-3)11-4)17-13-12-14-18(6)7/h17H,8-15H2,1-7H3. The minimum Gasteiger partial charge on any atom is -0.309 e. The van der Waals surface area contributed by atoms with Crippen LogP contribution in [0.2, 0.25) is 0 Å². The van der Waals surface area contributed by atoms with Crippen molar-refractivity contribution in [2.75, 3.05) is 59.9 Å². The van der Waals surface area contributed by atoms with E-state index in [4.69, 9.17) is 0 Å². The summed E-state index contributed by atoms with van der Waals surface area (Å²) >= 11 is 0. The van der Waals surface area contributed by atoms with Crippen LogP contribution in [-0.2, 0) is 0 Å². The molecule has 0 bridgehead atoms. The molecule has 0 aliphatic heterocycles. The Balaban J connectivity index is 4.60. The fraction of sp³-hybridized carbons (Fsp3) is 1.00. The first-order valence-corrected chi connectivity index (χ1v) is 8.30. The van der Waals surface area contributed by atoms with E-state index in [0.29, 0.717) is 0 Å². The van der Waals surface area contributed by atoms with Crippen LogP contribution in [0.1, 0.15) is 41.0 Å². The van der Waals surface area contributed by atoms with E-state index < -0.39 is 0 Å². The Morgan fingerprint density at radius 3 is 1.85 bits per heavy atom. The topological polar surface area (TPSA) is 21.8 Å². The van der Waals surface area contributed by atoms with Gasteiger partial charge in [0.05, 0.1) is 5.66 Å². The van der Waals surface area contributed by atoms with Crippen LogP contribution in [0.25, 0.3) is 0 Å². The van der Waals surface area contributed by atoms with Crippen molar-refractivity contribution in [1.29, 1.82) is 0 Å². The van der Waals surface area contributed by atoms with E-state index in [2.05, 4.69) is 68.7 Å². The lowest BCUT2D eigenvalue weighted by atomic mass is 10.1. The highest BCUT2D eigenvalue weighted by Crippen LogP contribution is 2.13. The molecule has 0 aromatic rings. The molecule has 0 fully saturated rings. The highest BCUT2D eigenvalue weighted by atomic mass is 15.3. The molecule has 1 unspecified atom stereocenters. The van der Waals surface area contributed by atoms with Gasteiger partial charge in [-0.2, -0.15) is 0 Å². The molecule has 0 spiro atoms. The molecule has 0 saturated heterocycles. The number of nitrogens with one attached hydrogen (secondary N) is 1. The van der Waals surface area contributed by atoms with E-state index in [-0.39, 0.29) is 5.66 Å². The number of likely N-dealkylation sites (N-methyl/N-ethyl adjacent to an activating group) is 2. The van der Waals surface area contributed by atoms with Crippen molar-refractivity contribution in [3.63, 3.8) is 0 Å². The van der Waals surface area contributed by atoms with E-state index in [0.717, 1.165) is 45.8 Å². The third kappa shape index (κ3) is 7.02. The first-order valence-electron chi connectivity index (χ1n) is 8.30. The SMILES string of the molecule is CCN(CC)CC(C)(NCCCN(C)C)N(CC)CC. The first-order chi connectivity index (χ1) is 9.43. The lowest BCUT2D eigenvalue weighted by molar-refractivity contribution is 0.0427. The molecular weight excluding hydrogens is 248 g/mol. The van der Waals surface area contributed by atoms with Gasteiger partial charge >= 0.3 is 0 Å². The maximum Gasteiger partial charge on any atom is 0.0814 e. The predicted octanol–water partition coefficient (Wildman–Crippen LogP) is 1.93. The lowest BCUT2D eigenvalue weighted by Gasteiger charge is -2.44. The van der Waals surface area contributed by atoms with Gasteiger partial charge in [-0.15, -0.1) is 0 Å². The van der Waals surface area contributed by atoms with E-state index >= 15 is 0 Å². The van der Waals surface area contributed by atoms with E-state index in [1.807, 2.05) is 0 Å². The molecule has 122 valence electrons. The number of hydrogen-bond donors (Lipinski definition) is 1. The second-order valence-electron chi connectivity index (χ2n) is 5.99. The van der Waals surface area contributed by atoms with Gasteiger partial charge in [-0.05, 0) is 66.7 Å². The molecule has 4 heteroatoms. The summed E-state index contributed by atoms with van der Waals surface area (Å²) in [6.07, 6.45) is 1.20. The van der Waals surface area contributed by atoms with Crippen LogP contribution in [0.3, 0.4) is 0 Å². The molecule has 0 aromatic heterocycles. The zero-order valence-electron chi connectivity index (χ0n) is 15.0. The van der Waals surface area contributed by atoms with Crippen LogP contribution >= 0.6 is 0 Å². The van der Waals surface area contributed by atoms with Gasteiger partial charge in [0.2, 0.25) is 0 Å². The third-order valence-corrected chi connectivity index (χ3v) is 4.18. The molecule has 1 atom stereocenters. The van der Waals surface area contributed by atoms with E-state index in [9.17, 15) is 0 Å². The fourth-order valence-corrected chi connectivity index (χ4v) is 2.82. The van der Waals surface area contributed by atoms with Gasteiger partial charge in [0.15, 0.2) is 0 Å². The van der Waals surface area contributed by atoms with Crippen LogP contribution in [0.5, 0.6) is 0 Å². The zero-order chi connectivity index (χ0) is 15.6. The summed E-state index contributed by atoms with van der Waals surface area (Å²) in [6, 6.07) is 0. The van der Waals surface area contributed by atoms with Crippen LogP contribution < -0.4 is 5.32 Å². The first kappa shape index (κ1) is 19.8. The molecule has 0 aliphatic carbocycles. The predicted molar refractivity (Wildman–Crippen MR) is 90.3 cm³/mol. The summed E-state index contributed by atoms with van der Waals surface area (Å²) in [5.41, 5.74) is 0.0713. The second-order valence-corrected chi connectivity index (χ2v) is 5.99. The normalized spacial score (nSPS) is 15.3. The smallest absolute Gasteiger partial charge is 0.0814 e. The van der Waals surface area contributed by atoms with Crippen LogP contribution in [0.15, 0.2) is 0 Å². The lowest BCUT2D eigenvalue weighted by Crippen LogP contribution is -2.62. The Labute approximate surface area is 127 Å². The monoisotopic (exact) mass is 286 g/mol. The van der Waals surface area contributed by atoms with Crippen LogP contribution in [-0.4, -0.2) is 80.3 Å². The summed E-state index contributed by atoms with van der Waals surface area (Å²) < 4.78 is 0. The average molecular weight is 287 g/mol. The van der Waals surface area contributed by atoms with E-state index in [1.165, 1.54) is 6.42 Å². The van der Waals surface area contributed by atoms with Gasteiger partial charge < -0.3 is 9.80 Å². The molecule has 0 amide bonds. The minimum atomic E-state index is 0.0713. The molecule has 0 rings (SSSR count). The van der Waals surface area contributed by atoms with Crippen molar-refractivity contribution in [1.82, 2.24) is 20.0 Å². The molecule has 0 heterocycles. The van der Waals surface area contributed by atoms with Crippen molar-refractivity contribution in [2.24, 2.45) is 0 Å². The van der Waals surface area contributed by atoms with Crippen molar-refractivity contribution in [3.8, 4) is 0 Å². The Morgan fingerprint density at radius 1 is 0.900 bits per heavy atom. The maximum atomic E-state index is 3.81. The van der Waals surface area contributed by atoms with E-state index in [1.54, 1.807) is 0 Å². The summed E-state index contributed by atoms with van der Waals surface area (Å²) in [6.45, 7) is 19.1. The van der Waals surface area contributed by atoms with Gasteiger partial charge in [0.1, 0.15) is 0 Å². The number of rotatable bonds is 12. The Bertz CT molecular complexity index is 225.